The number of aromatic nitrogens is 4. The lowest BCUT2D eigenvalue weighted by Crippen LogP contribution is -2.67. The van der Waals surface area contributed by atoms with E-state index in [9.17, 15) is 35.4 Å². The zero-order valence-corrected chi connectivity index (χ0v) is 23.6. The van der Waals surface area contributed by atoms with Crippen LogP contribution in [0.1, 0.15) is 16.1 Å². The first-order valence-corrected chi connectivity index (χ1v) is 13.7. The summed E-state index contributed by atoms with van der Waals surface area (Å²) in [6.45, 7) is -1.78. The van der Waals surface area contributed by atoms with Crippen LogP contribution in [-0.4, -0.2) is 106 Å². The zero-order valence-electron chi connectivity index (χ0n) is 22.7. The summed E-state index contributed by atoms with van der Waals surface area (Å²) in [6, 6.07) is 7.07. The molecule has 0 saturated carbocycles. The fourth-order valence-electron chi connectivity index (χ4n) is 5.08. The van der Waals surface area contributed by atoms with Crippen molar-refractivity contribution >= 4 is 17.2 Å². The van der Waals surface area contributed by atoms with Gasteiger partial charge in [-0.2, -0.15) is 21.5 Å². The maximum absolute atomic E-state index is 13.9. The normalized spacial score (nSPS) is 15.7. The Morgan fingerprint density at radius 2 is 1.91 bits per heavy atom. The molecule has 6 rings (SSSR count). The molecule has 43 heavy (non-hydrogen) atoms. The highest BCUT2D eigenvalue weighted by Gasteiger charge is 2.52. The number of ether oxygens (including phenoxy) is 4. The second kappa shape index (κ2) is 10.4. The maximum Gasteiger partial charge on any atom is 0.405 e. The van der Waals surface area contributed by atoms with Gasteiger partial charge in [0.15, 0.2) is 5.69 Å². The number of nitrogens with zero attached hydrogens (tertiary/aromatic N) is 5. The summed E-state index contributed by atoms with van der Waals surface area (Å²) in [6.07, 6.45) is -5.61. The molecule has 1 saturated heterocycles. The Hall–Kier alpha value is -3.91. The highest BCUT2D eigenvalue weighted by Crippen LogP contribution is 2.46. The van der Waals surface area contributed by atoms with E-state index in [1.54, 1.807) is 41.5 Å². The van der Waals surface area contributed by atoms with Crippen molar-refractivity contribution in [2.45, 2.75) is 24.5 Å². The molecule has 228 valence electrons. The molecule has 3 aromatic heterocycles. The van der Waals surface area contributed by atoms with Crippen molar-refractivity contribution in [3.63, 3.8) is 0 Å². The van der Waals surface area contributed by atoms with Crippen molar-refractivity contribution in [2.75, 3.05) is 26.9 Å². The van der Waals surface area contributed by atoms with Crippen molar-refractivity contribution in [1.29, 1.82) is 0 Å². The minimum atomic E-state index is -3.75. The van der Waals surface area contributed by atoms with E-state index in [0.29, 0.717) is 39.7 Å². The van der Waals surface area contributed by atoms with E-state index in [1.165, 1.54) is 23.1 Å². The fraction of sp³-hybridized carbons (Fsp3) is 0.346. The molecular weight excluding hydrogens is 590 g/mol. The Morgan fingerprint density at radius 3 is 2.47 bits per heavy atom. The Kier molecular flexibility index (Phi) is 7.03. The number of aliphatic hydroxyl groups is 6. The number of benzene rings is 1. The van der Waals surface area contributed by atoms with Crippen LogP contribution in [0.2, 0.25) is 0 Å². The van der Waals surface area contributed by atoms with E-state index in [4.69, 9.17) is 18.9 Å². The Bertz CT molecular complexity index is 1670. The predicted octanol–water partition coefficient (Wildman–Crippen LogP) is -0.694. The lowest BCUT2D eigenvalue weighted by atomic mass is 9.97. The van der Waals surface area contributed by atoms with Gasteiger partial charge in [0.25, 0.3) is 5.91 Å². The molecular formula is C26H27N5O11S. The number of carbonyl (C=O) groups is 1. The number of aryl methyl sites for hydroxylation is 1. The second-order valence-corrected chi connectivity index (χ2v) is 10.9. The van der Waals surface area contributed by atoms with Crippen LogP contribution in [-0.2, 0) is 23.1 Å². The number of amides is 1. The molecule has 6 N–H and O–H groups in total. The van der Waals surface area contributed by atoms with Crippen LogP contribution in [0.5, 0.6) is 11.5 Å². The Labute approximate surface area is 246 Å². The van der Waals surface area contributed by atoms with E-state index >= 15 is 0 Å². The number of thiophene rings is 1. The molecule has 0 radical (unpaired) electrons. The van der Waals surface area contributed by atoms with E-state index in [-0.39, 0.29) is 36.0 Å². The summed E-state index contributed by atoms with van der Waals surface area (Å²) in [5.74, 6) is -0.241. The number of methoxy groups -OCH3 is 1. The number of carbonyl (C=O) groups excluding carboxylic acids is 1. The van der Waals surface area contributed by atoms with Crippen molar-refractivity contribution in [3.05, 3.63) is 52.5 Å². The maximum atomic E-state index is 13.9. The number of hydrogen-bond acceptors (Lipinski definition) is 14. The van der Waals surface area contributed by atoms with Gasteiger partial charge in [0, 0.05) is 41.4 Å². The molecule has 0 bridgehead atoms. The van der Waals surface area contributed by atoms with Crippen LogP contribution in [0.15, 0.2) is 41.2 Å². The molecule has 0 atom stereocenters. The summed E-state index contributed by atoms with van der Waals surface area (Å²) in [5, 5.41) is 71.4. The molecule has 2 aliphatic heterocycles. The third-order valence-corrected chi connectivity index (χ3v) is 7.66. The number of hydrogen-bond donors (Lipinski definition) is 6. The van der Waals surface area contributed by atoms with E-state index in [0.717, 1.165) is 0 Å². The van der Waals surface area contributed by atoms with Gasteiger partial charge >= 0.3 is 12.3 Å². The third-order valence-electron chi connectivity index (χ3n) is 6.99. The van der Waals surface area contributed by atoms with Gasteiger partial charge in [0.1, 0.15) is 23.7 Å². The first-order chi connectivity index (χ1) is 20.3. The molecule has 0 unspecified atom stereocenters. The summed E-state index contributed by atoms with van der Waals surface area (Å²) >= 11 is 1.39. The summed E-state index contributed by atoms with van der Waals surface area (Å²) in [4.78, 5) is 14.1. The van der Waals surface area contributed by atoms with Gasteiger partial charge in [0.05, 0.1) is 43.9 Å². The van der Waals surface area contributed by atoms with Gasteiger partial charge in [-0.1, -0.05) is 0 Å². The molecule has 1 fully saturated rings. The Balaban J connectivity index is 1.49. The highest BCUT2D eigenvalue weighted by atomic mass is 32.1. The fourth-order valence-corrected chi connectivity index (χ4v) is 5.69. The molecule has 0 spiro atoms. The lowest BCUT2D eigenvalue weighted by molar-refractivity contribution is -0.500. The van der Waals surface area contributed by atoms with Crippen molar-refractivity contribution in [1.82, 2.24) is 24.5 Å². The van der Waals surface area contributed by atoms with Crippen LogP contribution in [0.3, 0.4) is 0 Å². The van der Waals surface area contributed by atoms with E-state index in [1.807, 2.05) is 11.4 Å². The van der Waals surface area contributed by atoms with Crippen LogP contribution in [0, 0.1) is 0 Å². The number of fused-ring (bicyclic) bond motifs is 3. The molecule has 5 heterocycles. The first-order valence-electron chi connectivity index (χ1n) is 12.7. The van der Waals surface area contributed by atoms with Crippen molar-refractivity contribution < 1.29 is 54.4 Å². The van der Waals surface area contributed by atoms with Crippen molar-refractivity contribution in [2.24, 2.45) is 7.05 Å². The zero-order chi connectivity index (χ0) is 30.7. The molecule has 2 aliphatic rings. The van der Waals surface area contributed by atoms with Gasteiger partial charge in [-0.3, -0.25) is 19.1 Å². The molecule has 1 amide bonds. The largest absolute Gasteiger partial charge is 0.496 e. The monoisotopic (exact) mass is 617 g/mol. The predicted molar refractivity (Wildman–Crippen MR) is 144 cm³/mol. The summed E-state index contributed by atoms with van der Waals surface area (Å²) in [7, 11) is 3.30. The molecule has 0 aliphatic carbocycles. The average molecular weight is 618 g/mol. The summed E-state index contributed by atoms with van der Waals surface area (Å²) < 4.78 is 24.6. The van der Waals surface area contributed by atoms with Crippen LogP contribution < -0.4 is 9.47 Å². The minimum absolute atomic E-state index is 0.166. The van der Waals surface area contributed by atoms with Gasteiger partial charge in [-0.25, -0.2) is 4.68 Å². The molecule has 1 aromatic carbocycles. The molecule has 4 aromatic rings. The van der Waals surface area contributed by atoms with E-state index < -0.39 is 30.3 Å². The molecule has 17 heteroatoms. The van der Waals surface area contributed by atoms with Gasteiger partial charge in [-0.15, -0.1) is 0 Å². The quantitative estimate of drug-likeness (QED) is 0.128. The number of rotatable bonds is 9. The lowest BCUT2D eigenvalue weighted by Gasteiger charge is -2.46. The standard InChI is InChI=1S/C26H27N5O11S/c1-29-5-3-18(27-29)15-7-16-20(8-19(15)39-2)41-9-17-21(28-31(22(16)17)14-4-6-43-10-14)23(32)30(25(33,34)35)11-24(12-40-13-24)42-26(36,37)38/h3-8,10,33-38H,9,11-13H2,1-2H3. The highest BCUT2D eigenvalue weighted by molar-refractivity contribution is 7.08. The molecule has 16 nitrogen and oxygen atoms in total. The SMILES string of the molecule is COc1cc2c(cc1-c1ccn(C)n1)-c1c(c(C(=O)N(CC3(OC(O)(O)O)COC3)C(O)(O)O)nn1-c1ccsc1)CO2. The average Bonchev–Trinajstić information content (AvgIpc) is 3.67. The third kappa shape index (κ3) is 5.37. The van der Waals surface area contributed by atoms with Crippen LogP contribution >= 0.6 is 11.3 Å². The van der Waals surface area contributed by atoms with Gasteiger partial charge in [0.2, 0.25) is 0 Å². The smallest absolute Gasteiger partial charge is 0.405 e. The Morgan fingerprint density at radius 1 is 1.14 bits per heavy atom. The minimum Gasteiger partial charge on any atom is -0.496 e. The summed E-state index contributed by atoms with van der Waals surface area (Å²) in [5.41, 5.74) is 0.975. The van der Waals surface area contributed by atoms with Gasteiger partial charge in [-0.05, 0) is 23.6 Å². The van der Waals surface area contributed by atoms with Gasteiger partial charge < -0.3 is 44.8 Å². The van der Waals surface area contributed by atoms with Crippen LogP contribution in [0.25, 0.3) is 28.2 Å². The van der Waals surface area contributed by atoms with Crippen LogP contribution in [0.4, 0.5) is 0 Å². The van der Waals surface area contributed by atoms with E-state index in [2.05, 4.69) is 10.2 Å². The van der Waals surface area contributed by atoms with Crippen molar-refractivity contribution in [3.8, 4) is 39.7 Å². The topological polar surface area (TPSA) is 214 Å². The second-order valence-electron chi connectivity index (χ2n) is 10.1. The first kappa shape index (κ1) is 29.2.